The summed E-state index contributed by atoms with van der Waals surface area (Å²) in [5.74, 6) is 0. The standard InChI is InChI=1S/C3H6BrS/c1-3(2,4)5/h1-2H3. The van der Waals surface area contributed by atoms with Crippen LogP contribution in [0, 0.1) is 0 Å². The lowest BCUT2D eigenvalue weighted by atomic mass is 10.6. The second kappa shape index (κ2) is 1.52. The Hall–Kier alpha value is 0.830. The van der Waals surface area contributed by atoms with E-state index in [2.05, 4.69) is 15.9 Å². The van der Waals surface area contributed by atoms with Crippen molar-refractivity contribution in [2.45, 2.75) is 17.5 Å². The van der Waals surface area contributed by atoms with Gasteiger partial charge in [-0.1, -0.05) is 28.6 Å². The molecule has 0 atom stereocenters. The summed E-state index contributed by atoms with van der Waals surface area (Å²) in [5, 5.41) is 0. The minimum Gasteiger partial charge on any atom is -0.0748 e. The van der Waals surface area contributed by atoms with Gasteiger partial charge < -0.3 is 0 Å². The van der Waals surface area contributed by atoms with Gasteiger partial charge in [0, 0.05) is 0 Å². The van der Waals surface area contributed by atoms with E-state index >= 15 is 0 Å². The van der Waals surface area contributed by atoms with Crippen LogP contribution >= 0.6 is 28.6 Å². The first-order valence-electron chi connectivity index (χ1n) is 1.39. The molecule has 31 valence electrons. The third-order valence-corrected chi connectivity index (χ3v) is 0. The first kappa shape index (κ1) is 5.83. The predicted molar refractivity (Wildman–Crippen MR) is 30.6 cm³/mol. The largest absolute Gasteiger partial charge is 0.0756 e. The highest BCUT2D eigenvalue weighted by Gasteiger charge is 2.01. The number of hydrogen-bond donors (Lipinski definition) is 0. The summed E-state index contributed by atoms with van der Waals surface area (Å²) in [7, 11) is 0. The molecule has 0 fully saturated rings. The summed E-state index contributed by atoms with van der Waals surface area (Å²) in [6.07, 6.45) is 0. The minimum atomic E-state index is -0.104. The van der Waals surface area contributed by atoms with Crippen molar-refractivity contribution in [1.29, 1.82) is 0 Å². The number of hydrogen-bond acceptors (Lipinski definition) is 0. The Morgan fingerprint density at radius 2 is 1.60 bits per heavy atom. The highest BCUT2D eigenvalue weighted by Crippen LogP contribution is 2.18. The van der Waals surface area contributed by atoms with Gasteiger partial charge in [-0.25, -0.2) is 0 Å². The van der Waals surface area contributed by atoms with E-state index in [0.29, 0.717) is 0 Å². The Bertz CT molecular complexity index is 22.4. The van der Waals surface area contributed by atoms with Crippen molar-refractivity contribution < 1.29 is 0 Å². The van der Waals surface area contributed by atoms with Crippen molar-refractivity contribution >= 4 is 28.6 Å². The van der Waals surface area contributed by atoms with E-state index in [9.17, 15) is 0 Å². The van der Waals surface area contributed by atoms with Crippen molar-refractivity contribution in [1.82, 2.24) is 0 Å². The zero-order valence-corrected chi connectivity index (χ0v) is 5.69. The maximum Gasteiger partial charge on any atom is 0.0756 e. The third-order valence-electron chi connectivity index (χ3n) is 0. The van der Waals surface area contributed by atoms with Gasteiger partial charge in [-0.05, 0) is 13.8 Å². The molecule has 0 spiro atoms. The number of rotatable bonds is 0. The van der Waals surface area contributed by atoms with Crippen LogP contribution in [-0.4, -0.2) is 3.66 Å². The molecule has 0 amide bonds. The Kier molecular flexibility index (Phi) is 1.77. The Balaban J connectivity index is 3.02. The first-order chi connectivity index (χ1) is 2.00. The Morgan fingerprint density at radius 3 is 1.60 bits per heavy atom. The molecule has 0 saturated carbocycles. The topological polar surface area (TPSA) is 0 Å². The number of halogens is 1. The fourth-order valence-corrected chi connectivity index (χ4v) is 0. The van der Waals surface area contributed by atoms with Crippen molar-refractivity contribution in [2.75, 3.05) is 0 Å². The van der Waals surface area contributed by atoms with Crippen LogP contribution < -0.4 is 0 Å². The zero-order valence-electron chi connectivity index (χ0n) is 3.29. The van der Waals surface area contributed by atoms with Gasteiger partial charge >= 0.3 is 0 Å². The van der Waals surface area contributed by atoms with Crippen LogP contribution in [0.15, 0.2) is 0 Å². The van der Waals surface area contributed by atoms with Gasteiger partial charge in [0.05, 0.1) is 3.66 Å². The van der Waals surface area contributed by atoms with Gasteiger partial charge in [-0.3, -0.25) is 0 Å². The average Bonchev–Trinajstić information content (AvgIpc) is 0.722. The van der Waals surface area contributed by atoms with E-state index in [4.69, 9.17) is 12.6 Å². The lowest BCUT2D eigenvalue weighted by Crippen LogP contribution is -1.92. The van der Waals surface area contributed by atoms with Gasteiger partial charge in [-0.2, -0.15) is 0 Å². The molecule has 0 unspecified atom stereocenters. The average molecular weight is 154 g/mol. The molecule has 0 nitrogen and oxygen atoms in total. The molecular formula is C3H6BrS. The van der Waals surface area contributed by atoms with Crippen LogP contribution in [-0.2, 0) is 0 Å². The van der Waals surface area contributed by atoms with Crippen LogP contribution in [0.25, 0.3) is 0 Å². The molecule has 0 N–H and O–H groups in total. The summed E-state index contributed by atoms with van der Waals surface area (Å²) in [6, 6.07) is 0. The Morgan fingerprint density at radius 1 is 1.60 bits per heavy atom. The molecule has 0 aliphatic carbocycles. The molecule has 0 rings (SSSR count). The molecule has 0 aromatic heterocycles. The first-order valence-corrected chi connectivity index (χ1v) is 2.59. The van der Waals surface area contributed by atoms with E-state index in [1.807, 2.05) is 13.8 Å². The second-order valence-electron chi connectivity index (χ2n) is 1.36. The van der Waals surface area contributed by atoms with Gasteiger partial charge in [0.2, 0.25) is 0 Å². The fourth-order valence-electron chi connectivity index (χ4n) is 0. The molecule has 2 heteroatoms. The molecule has 0 aromatic carbocycles. The highest BCUT2D eigenvalue weighted by atomic mass is 79.9. The van der Waals surface area contributed by atoms with E-state index in [1.54, 1.807) is 0 Å². The van der Waals surface area contributed by atoms with Crippen LogP contribution in [0.3, 0.4) is 0 Å². The van der Waals surface area contributed by atoms with Crippen molar-refractivity contribution in [3.8, 4) is 0 Å². The van der Waals surface area contributed by atoms with Crippen molar-refractivity contribution in [3.63, 3.8) is 0 Å². The quantitative estimate of drug-likeness (QED) is 0.469. The van der Waals surface area contributed by atoms with Gasteiger partial charge in [0.15, 0.2) is 0 Å². The van der Waals surface area contributed by atoms with E-state index < -0.39 is 0 Å². The normalized spacial score (nSPS) is 12.0. The van der Waals surface area contributed by atoms with E-state index in [0.717, 1.165) is 0 Å². The van der Waals surface area contributed by atoms with E-state index in [1.165, 1.54) is 0 Å². The minimum absolute atomic E-state index is 0.104. The lowest BCUT2D eigenvalue weighted by molar-refractivity contribution is 1.06. The van der Waals surface area contributed by atoms with E-state index in [-0.39, 0.29) is 3.66 Å². The maximum absolute atomic E-state index is 4.74. The van der Waals surface area contributed by atoms with Gasteiger partial charge in [-0.15, -0.1) is 0 Å². The highest BCUT2D eigenvalue weighted by molar-refractivity contribution is 9.11. The maximum atomic E-state index is 4.74. The summed E-state index contributed by atoms with van der Waals surface area (Å²) in [5.41, 5.74) is 0. The van der Waals surface area contributed by atoms with Crippen LogP contribution in [0.2, 0.25) is 0 Å². The summed E-state index contributed by atoms with van der Waals surface area (Å²) in [6.45, 7) is 3.84. The lowest BCUT2D eigenvalue weighted by Gasteiger charge is -1.99. The molecule has 0 aromatic rings. The molecule has 0 aliphatic rings. The molecule has 0 heterocycles. The van der Waals surface area contributed by atoms with Crippen LogP contribution in [0.4, 0.5) is 0 Å². The second-order valence-corrected chi connectivity index (χ2v) is 4.89. The van der Waals surface area contributed by atoms with Crippen molar-refractivity contribution in [3.05, 3.63) is 0 Å². The molecular weight excluding hydrogens is 148 g/mol. The SMILES string of the molecule is CC(C)([S])Br. The van der Waals surface area contributed by atoms with Gasteiger partial charge in [0.25, 0.3) is 0 Å². The van der Waals surface area contributed by atoms with Crippen LogP contribution in [0.5, 0.6) is 0 Å². The molecule has 5 heavy (non-hydrogen) atoms. The van der Waals surface area contributed by atoms with Crippen molar-refractivity contribution in [2.24, 2.45) is 0 Å². The Labute approximate surface area is 46.5 Å². The fraction of sp³-hybridized carbons (Fsp3) is 1.00. The zero-order chi connectivity index (χ0) is 4.50. The third kappa shape index (κ3) is 56.2. The van der Waals surface area contributed by atoms with Crippen LogP contribution in [0.1, 0.15) is 13.8 Å². The smallest absolute Gasteiger partial charge is 0.0748 e. The number of alkyl halides is 1. The summed E-state index contributed by atoms with van der Waals surface area (Å²) >= 11 is 7.93. The molecule has 0 aliphatic heterocycles. The molecule has 0 saturated heterocycles. The molecule has 0 bridgehead atoms. The summed E-state index contributed by atoms with van der Waals surface area (Å²) in [4.78, 5) is 0. The molecule has 1 radical (unpaired) electrons. The summed E-state index contributed by atoms with van der Waals surface area (Å²) < 4.78 is -0.104. The monoisotopic (exact) mass is 153 g/mol. The predicted octanol–water partition coefficient (Wildman–Crippen LogP) is 2.31. The van der Waals surface area contributed by atoms with Gasteiger partial charge in [0.1, 0.15) is 0 Å².